The molecule has 0 unspecified atom stereocenters. The number of Topliss-reactive ketones (excluding diaryl/α,β-unsaturated/α-hetero) is 1. The molecule has 31 heavy (non-hydrogen) atoms. The molecule has 0 aliphatic carbocycles. The molecular weight excluding hydrogens is 412 g/mol. The zero-order valence-electron chi connectivity index (χ0n) is 20.9. The van der Waals surface area contributed by atoms with Gasteiger partial charge in [-0.3, -0.25) is 14.4 Å². The van der Waals surface area contributed by atoms with Crippen LogP contribution in [0.3, 0.4) is 0 Å². The van der Waals surface area contributed by atoms with E-state index >= 15 is 0 Å². The highest BCUT2D eigenvalue weighted by atomic mass is 28.4. The van der Waals surface area contributed by atoms with Crippen molar-refractivity contribution in [3.05, 3.63) is 12.7 Å². The van der Waals surface area contributed by atoms with E-state index in [1.807, 2.05) is 0 Å². The van der Waals surface area contributed by atoms with Gasteiger partial charge in [0.2, 0.25) is 0 Å². The molecule has 0 bridgehead atoms. The van der Waals surface area contributed by atoms with Gasteiger partial charge in [0.05, 0.1) is 17.4 Å². The summed E-state index contributed by atoms with van der Waals surface area (Å²) in [5.41, 5.74) is -2.06. The van der Waals surface area contributed by atoms with Crippen molar-refractivity contribution in [3.63, 3.8) is 0 Å². The van der Waals surface area contributed by atoms with Crippen LogP contribution in [0.2, 0.25) is 18.1 Å². The molecule has 1 heterocycles. The molecule has 0 saturated carbocycles. The second kappa shape index (κ2) is 10.4. The number of carbonyl (C=O) groups excluding carboxylic acids is 3. The van der Waals surface area contributed by atoms with E-state index in [0.29, 0.717) is 0 Å². The summed E-state index contributed by atoms with van der Waals surface area (Å²) in [6.45, 7) is 20.7. The molecule has 1 fully saturated rings. The van der Waals surface area contributed by atoms with Crippen LogP contribution in [0.4, 0.5) is 0 Å². The fourth-order valence-corrected chi connectivity index (χ4v) is 7.19. The Morgan fingerprint density at radius 1 is 1.19 bits per heavy atom. The van der Waals surface area contributed by atoms with Crippen molar-refractivity contribution in [2.75, 3.05) is 6.61 Å². The minimum absolute atomic E-state index is 0.0303. The molecule has 178 valence electrons. The third-order valence-corrected chi connectivity index (χ3v) is 11.4. The molecule has 0 aromatic rings. The molecule has 4 atom stereocenters. The topological polar surface area (TPSA) is 78.9 Å². The summed E-state index contributed by atoms with van der Waals surface area (Å²) >= 11 is 0. The summed E-state index contributed by atoms with van der Waals surface area (Å²) in [5, 5.41) is 0. The minimum atomic E-state index is -2.16. The highest BCUT2D eigenvalue weighted by Crippen LogP contribution is 2.46. The fraction of sp³-hybridized carbons (Fsp3) is 0.792. The van der Waals surface area contributed by atoms with Gasteiger partial charge in [-0.25, -0.2) is 0 Å². The van der Waals surface area contributed by atoms with Crippen LogP contribution in [0.1, 0.15) is 62.3 Å². The van der Waals surface area contributed by atoms with Gasteiger partial charge in [0, 0.05) is 5.92 Å². The SMILES string of the molecule is C=C[C@H]1OC(=O)[C@](C)(C(=O)C(C)C)[C@@H]1[C@H](COC(=O)C(C)(C)C)O[Si](CC)(CC)CC. The smallest absolute Gasteiger partial charge is 0.320 e. The van der Waals surface area contributed by atoms with E-state index in [1.54, 1.807) is 47.6 Å². The maximum absolute atomic E-state index is 13.2. The third-order valence-electron chi connectivity index (χ3n) is 6.68. The highest BCUT2D eigenvalue weighted by molar-refractivity contribution is 6.73. The number of cyclic esters (lactones) is 1. The molecule has 0 spiro atoms. The standard InChI is InChI=1S/C24H42O6Si/c1-11-17-19(24(10,22(27)29-17)20(25)16(5)6)18(15-28-21(26)23(7,8)9)30-31(12-2,13-3)14-4/h11,16-19H,1,12-15H2,2-10H3/t17-,18+,19+,24+/m1/s1. The predicted octanol–water partition coefficient (Wildman–Crippen LogP) is 4.93. The lowest BCUT2D eigenvalue weighted by atomic mass is 9.68. The third kappa shape index (κ3) is 5.67. The first kappa shape index (κ1) is 27.6. The fourth-order valence-electron chi connectivity index (χ4n) is 4.33. The van der Waals surface area contributed by atoms with E-state index < -0.39 is 43.2 Å². The van der Waals surface area contributed by atoms with Gasteiger partial charge in [-0.05, 0) is 45.8 Å². The average molecular weight is 455 g/mol. The lowest BCUT2D eigenvalue weighted by Gasteiger charge is -2.40. The van der Waals surface area contributed by atoms with Gasteiger partial charge in [0.25, 0.3) is 0 Å². The second-order valence-corrected chi connectivity index (χ2v) is 14.8. The van der Waals surface area contributed by atoms with Gasteiger partial charge in [-0.1, -0.05) is 47.3 Å². The Balaban J connectivity index is 3.50. The number of hydrogen-bond donors (Lipinski definition) is 0. The van der Waals surface area contributed by atoms with Crippen LogP contribution in [0, 0.1) is 22.7 Å². The van der Waals surface area contributed by atoms with Gasteiger partial charge in [0.15, 0.2) is 14.1 Å². The Hall–Kier alpha value is -1.47. The first-order chi connectivity index (χ1) is 14.2. The summed E-state index contributed by atoms with van der Waals surface area (Å²) in [6.07, 6.45) is 0.229. The van der Waals surface area contributed by atoms with Gasteiger partial charge in [-0.15, -0.1) is 0 Å². The Morgan fingerprint density at radius 2 is 1.71 bits per heavy atom. The van der Waals surface area contributed by atoms with Gasteiger partial charge in [-0.2, -0.15) is 0 Å². The molecule has 1 saturated heterocycles. The Bertz CT molecular complexity index is 668. The number of carbonyl (C=O) groups is 3. The van der Waals surface area contributed by atoms with E-state index in [0.717, 1.165) is 18.1 Å². The summed E-state index contributed by atoms with van der Waals surface area (Å²) in [6, 6.07) is 2.66. The lowest BCUT2D eigenvalue weighted by Crippen LogP contribution is -2.53. The molecule has 7 heteroatoms. The Kier molecular flexibility index (Phi) is 9.27. The number of hydrogen-bond acceptors (Lipinski definition) is 6. The van der Waals surface area contributed by atoms with E-state index in [4.69, 9.17) is 13.9 Å². The summed E-state index contributed by atoms with van der Waals surface area (Å²) < 4.78 is 18.0. The molecule has 0 radical (unpaired) electrons. The molecule has 1 aliphatic rings. The molecular formula is C24H42O6Si. The minimum Gasteiger partial charge on any atom is -0.463 e. The number of ketones is 1. The van der Waals surface area contributed by atoms with Crippen LogP contribution in [-0.4, -0.2) is 44.9 Å². The molecule has 1 aliphatic heterocycles. The Labute approximate surface area is 189 Å². The van der Waals surface area contributed by atoms with Gasteiger partial charge in [0.1, 0.15) is 18.1 Å². The average Bonchev–Trinajstić information content (AvgIpc) is 2.98. The van der Waals surface area contributed by atoms with Crippen molar-refractivity contribution >= 4 is 26.0 Å². The molecule has 0 aromatic carbocycles. The van der Waals surface area contributed by atoms with Gasteiger partial charge < -0.3 is 13.9 Å². The van der Waals surface area contributed by atoms with E-state index in [1.165, 1.54) is 0 Å². The van der Waals surface area contributed by atoms with Gasteiger partial charge >= 0.3 is 11.9 Å². The van der Waals surface area contributed by atoms with Crippen LogP contribution in [0.15, 0.2) is 12.7 Å². The Morgan fingerprint density at radius 3 is 2.10 bits per heavy atom. The molecule has 6 nitrogen and oxygen atoms in total. The monoisotopic (exact) mass is 454 g/mol. The summed E-state index contributed by atoms with van der Waals surface area (Å²) in [4.78, 5) is 38.7. The van der Waals surface area contributed by atoms with Crippen molar-refractivity contribution in [1.82, 2.24) is 0 Å². The van der Waals surface area contributed by atoms with Crippen LogP contribution in [-0.2, 0) is 28.3 Å². The summed E-state index contributed by atoms with van der Waals surface area (Å²) in [7, 11) is -2.16. The number of ether oxygens (including phenoxy) is 2. The van der Waals surface area contributed by atoms with Crippen molar-refractivity contribution in [3.8, 4) is 0 Å². The van der Waals surface area contributed by atoms with Crippen molar-refractivity contribution in [2.45, 2.75) is 92.7 Å². The van der Waals surface area contributed by atoms with E-state index in [9.17, 15) is 14.4 Å². The van der Waals surface area contributed by atoms with Crippen LogP contribution in [0.5, 0.6) is 0 Å². The predicted molar refractivity (Wildman–Crippen MR) is 124 cm³/mol. The summed E-state index contributed by atoms with van der Waals surface area (Å²) in [5.74, 6) is -2.08. The molecule has 0 N–H and O–H groups in total. The number of rotatable bonds is 11. The maximum atomic E-state index is 13.2. The largest absolute Gasteiger partial charge is 0.463 e. The number of esters is 2. The molecule has 0 amide bonds. The maximum Gasteiger partial charge on any atom is 0.320 e. The second-order valence-electron chi connectivity index (χ2n) is 10.1. The van der Waals surface area contributed by atoms with Crippen molar-refractivity contribution in [2.24, 2.45) is 22.7 Å². The van der Waals surface area contributed by atoms with Crippen LogP contribution >= 0.6 is 0 Å². The highest BCUT2D eigenvalue weighted by Gasteiger charge is 2.62. The van der Waals surface area contributed by atoms with Crippen molar-refractivity contribution < 1.29 is 28.3 Å². The van der Waals surface area contributed by atoms with E-state index in [-0.39, 0.29) is 24.3 Å². The van der Waals surface area contributed by atoms with Crippen LogP contribution in [0.25, 0.3) is 0 Å². The first-order valence-corrected chi connectivity index (χ1v) is 14.0. The zero-order chi connectivity index (χ0) is 24.2. The van der Waals surface area contributed by atoms with E-state index in [2.05, 4.69) is 27.4 Å². The zero-order valence-corrected chi connectivity index (χ0v) is 21.9. The normalized spacial score (nSPS) is 25.3. The van der Waals surface area contributed by atoms with Crippen LogP contribution < -0.4 is 0 Å². The first-order valence-electron chi connectivity index (χ1n) is 11.5. The molecule has 0 aromatic heterocycles. The molecule has 1 rings (SSSR count). The quantitative estimate of drug-likeness (QED) is 0.191. The van der Waals surface area contributed by atoms with Crippen molar-refractivity contribution in [1.29, 1.82) is 0 Å². The lowest BCUT2D eigenvalue weighted by molar-refractivity contribution is -0.158.